The molecule has 0 saturated heterocycles. The van der Waals surface area contributed by atoms with Crippen LogP contribution >= 0.6 is 0 Å². The molecule has 1 aliphatic rings. The van der Waals surface area contributed by atoms with Crippen molar-refractivity contribution < 1.29 is 13.9 Å². The number of hydrogen-bond acceptors (Lipinski definition) is 9. The zero-order chi connectivity index (χ0) is 24.4. The van der Waals surface area contributed by atoms with Gasteiger partial charge in [-0.3, -0.25) is 4.98 Å². The van der Waals surface area contributed by atoms with Crippen molar-refractivity contribution in [3.63, 3.8) is 0 Å². The largest absolute Gasteiger partial charge is 0.491 e. The van der Waals surface area contributed by atoms with Gasteiger partial charge in [-0.15, -0.1) is 0 Å². The number of aromatic nitrogens is 4. The Hall–Kier alpha value is -4.05. The molecule has 2 N–H and O–H groups in total. The maximum Gasteiger partial charge on any atom is 0.257 e. The number of halogens is 1. The molecule has 3 aromatic heterocycles. The molecule has 0 radical (unpaired) electrons. The van der Waals surface area contributed by atoms with Crippen LogP contribution < -0.4 is 20.1 Å². The second kappa shape index (κ2) is 9.67. The van der Waals surface area contributed by atoms with E-state index in [1.54, 1.807) is 43.9 Å². The maximum absolute atomic E-state index is 13.9. The lowest BCUT2D eigenvalue weighted by molar-refractivity contribution is 0.0351. The molecule has 0 aliphatic heterocycles. The first kappa shape index (κ1) is 22.7. The van der Waals surface area contributed by atoms with Gasteiger partial charge < -0.3 is 25.0 Å². The van der Waals surface area contributed by atoms with Crippen molar-refractivity contribution in [1.82, 2.24) is 24.8 Å². The quantitative estimate of drug-likeness (QED) is 0.381. The number of para-hydroxylation sites is 1. The van der Waals surface area contributed by atoms with Crippen LogP contribution in [0.2, 0.25) is 0 Å². The number of pyridine rings is 2. The minimum atomic E-state index is -0.353. The van der Waals surface area contributed by atoms with Gasteiger partial charge in [0.05, 0.1) is 30.9 Å². The number of methoxy groups -OCH3 is 1. The molecule has 4 aromatic rings. The summed E-state index contributed by atoms with van der Waals surface area (Å²) in [5.41, 5.74) is 1.67. The van der Waals surface area contributed by atoms with Crippen molar-refractivity contribution >= 4 is 34.0 Å². The number of nitrogens with one attached hydrogen (secondary N) is 2. The Balaban J connectivity index is 1.27. The van der Waals surface area contributed by atoms with Crippen molar-refractivity contribution in [2.75, 3.05) is 31.8 Å². The van der Waals surface area contributed by atoms with Crippen molar-refractivity contribution in [3.8, 4) is 11.6 Å². The Labute approximate surface area is 202 Å². The van der Waals surface area contributed by atoms with E-state index >= 15 is 0 Å². The van der Waals surface area contributed by atoms with E-state index in [0.29, 0.717) is 51.7 Å². The molecule has 1 aromatic carbocycles. The lowest BCUT2D eigenvalue weighted by Crippen LogP contribution is -2.46. The van der Waals surface area contributed by atoms with Crippen LogP contribution in [-0.4, -0.2) is 58.2 Å². The Morgan fingerprint density at radius 1 is 1.00 bits per heavy atom. The van der Waals surface area contributed by atoms with E-state index in [1.807, 2.05) is 12.1 Å². The molecule has 5 rings (SSSR count). The third-order valence-electron chi connectivity index (χ3n) is 5.96. The number of fused-ring (bicyclic) bond motifs is 1. The number of nitrogens with zero attached hydrogens (tertiary/aromatic N) is 5. The van der Waals surface area contributed by atoms with Gasteiger partial charge in [0, 0.05) is 36.5 Å². The predicted octanol–water partition coefficient (Wildman–Crippen LogP) is 4.53. The summed E-state index contributed by atoms with van der Waals surface area (Å²) in [5.74, 6) is 1.58. The van der Waals surface area contributed by atoms with Gasteiger partial charge in [0.25, 0.3) is 5.88 Å². The van der Waals surface area contributed by atoms with Crippen molar-refractivity contribution in [2.45, 2.75) is 25.0 Å². The van der Waals surface area contributed by atoms with Gasteiger partial charge in [-0.05, 0) is 32.3 Å². The van der Waals surface area contributed by atoms with Gasteiger partial charge in [0.15, 0.2) is 5.75 Å². The summed E-state index contributed by atoms with van der Waals surface area (Å²) in [4.78, 5) is 19.6. The molecule has 1 saturated carbocycles. The summed E-state index contributed by atoms with van der Waals surface area (Å²) in [6, 6.07) is 10.7. The average molecular weight is 476 g/mol. The summed E-state index contributed by atoms with van der Waals surface area (Å²) in [7, 11) is 5.74. The van der Waals surface area contributed by atoms with E-state index in [0.717, 1.165) is 12.8 Å². The minimum absolute atomic E-state index is 0.134. The summed E-state index contributed by atoms with van der Waals surface area (Å²) >= 11 is 0. The molecule has 35 heavy (non-hydrogen) atoms. The third kappa shape index (κ3) is 5.07. The molecule has 0 bridgehead atoms. The monoisotopic (exact) mass is 475 g/mol. The molecular weight excluding hydrogens is 449 g/mol. The topological polar surface area (TPSA) is 97.3 Å². The van der Waals surface area contributed by atoms with E-state index in [2.05, 4.69) is 49.6 Å². The van der Waals surface area contributed by atoms with Crippen LogP contribution in [0.4, 0.5) is 27.5 Å². The first-order valence-corrected chi connectivity index (χ1v) is 11.3. The highest BCUT2D eigenvalue weighted by molar-refractivity contribution is 5.82. The van der Waals surface area contributed by atoms with E-state index in [9.17, 15) is 4.39 Å². The van der Waals surface area contributed by atoms with E-state index in [1.165, 1.54) is 6.07 Å². The lowest BCUT2D eigenvalue weighted by atomic mass is 9.88. The molecule has 180 valence electrons. The highest BCUT2D eigenvalue weighted by Crippen LogP contribution is 2.34. The number of ether oxygens (including phenoxy) is 2. The van der Waals surface area contributed by atoms with Crippen LogP contribution in [0.1, 0.15) is 12.8 Å². The predicted molar refractivity (Wildman–Crippen MR) is 132 cm³/mol. The van der Waals surface area contributed by atoms with Gasteiger partial charge in [-0.2, -0.15) is 4.98 Å². The van der Waals surface area contributed by atoms with Gasteiger partial charge in [-0.1, -0.05) is 12.1 Å². The number of hydrogen-bond donors (Lipinski definition) is 2. The van der Waals surface area contributed by atoms with Gasteiger partial charge in [-0.25, -0.2) is 14.4 Å². The van der Waals surface area contributed by atoms with Crippen LogP contribution in [0.3, 0.4) is 0 Å². The molecular formula is C25H26FN7O2. The van der Waals surface area contributed by atoms with Crippen molar-refractivity contribution in [1.29, 1.82) is 0 Å². The van der Waals surface area contributed by atoms with Gasteiger partial charge in [0.1, 0.15) is 23.3 Å². The fourth-order valence-corrected chi connectivity index (χ4v) is 3.91. The lowest BCUT2D eigenvalue weighted by Gasteiger charge is -2.39. The first-order chi connectivity index (χ1) is 17.0. The normalized spacial score (nSPS) is 17.2. The number of rotatable bonds is 8. The highest BCUT2D eigenvalue weighted by atomic mass is 19.1. The van der Waals surface area contributed by atoms with Crippen LogP contribution in [0.5, 0.6) is 11.6 Å². The minimum Gasteiger partial charge on any atom is -0.491 e. The molecule has 10 heteroatoms. The summed E-state index contributed by atoms with van der Waals surface area (Å²) in [6.07, 6.45) is 6.92. The van der Waals surface area contributed by atoms with Gasteiger partial charge in [0.2, 0.25) is 5.95 Å². The van der Waals surface area contributed by atoms with Crippen molar-refractivity contribution in [2.24, 2.45) is 0 Å². The Kier molecular flexibility index (Phi) is 6.28. The molecule has 0 atom stereocenters. The SMILES string of the molecule is COc1cc(Nc2nccc(Nc3cnc4c(F)cccc4c3)n2)cnc1OC1CC(N(C)C)C1. The summed E-state index contributed by atoms with van der Waals surface area (Å²) in [5, 5.41) is 7.02. The number of benzene rings is 1. The molecule has 1 fully saturated rings. The molecule has 9 nitrogen and oxygen atoms in total. The summed E-state index contributed by atoms with van der Waals surface area (Å²) < 4.78 is 25.4. The van der Waals surface area contributed by atoms with Crippen LogP contribution in [0.15, 0.2) is 55.0 Å². The zero-order valence-electron chi connectivity index (χ0n) is 19.7. The third-order valence-corrected chi connectivity index (χ3v) is 5.96. The zero-order valence-corrected chi connectivity index (χ0v) is 19.7. The second-order valence-corrected chi connectivity index (χ2v) is 8.61. The Morgan fingerprint density at radius 2 is 1.80 bits per heavy atom. The molecule has 1 aliphatic carbocycles. The molecule has 0 amide bonds. The molecule has 0 spiro atoms. The molecule has 3 heterocycles. The Morgan fingerprint density at radius 3 is 2.60 bits per heavy atom. The molecule has 0 unspecified atom stereocenters. The second-order valence-electron chi connectivity index (χ2n) is 8.61. The van der Waals surface area contributed by atoms with Gasteiger partial charge >= 0.3 is 0 Å². The van der Waals surface area contributed by atoms with E-state index in [-0.39, 0.29) is 11.9 Å². The highest BCUT2D eigenvalue weighted by Gasteiger charge is 2.33. The van der Waals surface area contributed by atoms with E-state index < -0.39 is 0 Å². The van der Waals surface area contributed by atoms with Crippen LogP contribution in [-0.2, 0) is 0 Å². The van der Waals surface area contributed by atoms with Crippen LogP contribution in [0.25, 0.3) is 10.9 Å². The van der Waals surface area contributed by atoms with Crippen molar-refractivity contribution in [3.05, 3.63) is 60.8 Å². The maximum atomic E-state index is 13.9. The first-order valence-electron chi connectivity index (χ1n) is 11.3. The average Bonchev–Trinajstić information content (AvgIpc) is 2.82. The fraction of sp³-hybridized carbons (Fsp3) is 0.280. The van der Waals surface area contributed by atoms with Crippen LogP contribution in [0, 0.1) is 5.82 Å². The summed E-state index contributed by atoms with van der Waals surface area (Å²) in [6.45, 7) is 0. The fourth-order valence-electron chi connectivity index (χ4n) is 3.91. The number of anilines is 4. The Bertz CT molecular complexity index is 1340. The standard InChI is InChI=1S/C25H26FN7O2/c1-33(2)18-11-19(12-18)35-24-21(34-3)10-17(14-29-24)31-25-27-8-7-22(32-25)30-16-9-15-5-4-6-20(26)23(15)28-13-16/h4-10,13-14,18-19H,11-12H2,1-3H3,(H2,27,30,31,32). The van der Waals surface area contributed by atoms with E-state index in [4.69, 9.17) is 9.47 Å². The smallest absolute Gasteiger partial charge is 0.257 e.